The monoisotopic (exact) mass is 596 g/mol. The number of fused-ring (bicyclic) bond motifs is 2. The molecule has 0 aromatic heterocycles. The van der Waals surface area contributed by atoms with Crippen molar-refractivity contribution in [3.63, 3.8) is 0 Å². The molecule has 2 unspecified atom stereocenters. The molecule has 5 rings (SSSR count). The Labute approximate surface area is 263 Å². The van der Waals surface area contributed by atoms with Gasteiger partial charge in [0.25, 0.3) is 0 Å². The van der Waals surface area contributed by atoms with Gasteiger partial charge in [0.1, 0.15) is 28.8 Å². The molecule has 0 amide bonds. The summed E-state index contributed by atoms with van der Waals surface area (Å²) in [7, 11) is 4.01. The lowest BCUT2D eigenvalue weighted by molar-refractivity contribution is 0.113. The molecular formula is C38H48N2O4. The molecule has 3 aliphatic rings. The third-order valence-electron chi connectivity index (χ3n) is 8.63. The number of aliphatic hydroxyl groups excluding tert-OH is 2. The van der Waals surface area contributed by atoms with E-state index in [4.69, 9.17) is 9.47 Å². The Bertz CT molecular complexity index is 1600. The number of aliphatic hydroxyl groups is 2. The second-order valence-electron chi connectivity index (χ2n) is 14.2. The third kappa shape index (κ3) is 5.92. The minimum Gasteiger partial charge on any atom is -0.511 e. The van der Waals surface area contributed by atoms with Crippen LogP contribution in [0.4, 0.5) is 11.4 Å². The average Bonchev–Trinajstić information content (AvgIpc) is 2.97. The lowest BCUT2D eigenvalue weighted by Crippen LogP contribution is -2.34. The molecule has 2 atom stereocenters. The Morgan fingerprint density at radius 1 is 0.773 bits per heavy atom. The Kier molecular flexibility index (Phi) is 8.27. The van der Waals surface area contributed by atoms with Crippen molar-refractivity contribution in [3.8, 4) is 11.5 Å². The van der Waals surface area contributed by atoms with E-state index in [-0.39, 0.29) is 16.6 Å². The van der Waals surface area contributed by atoms with Gasteiger partial charge in [-0.2, -0.15) is 0 Å². The van der Waals surface area contributed by atoms with Crippen molar-refractivity contribution in [3.05, 3.63) is 94.7 Å². The number of ether oxygens (including phenoxy) is 2. The lowest BCUT2D eigenvalue weighted by Gasteiger charge is -2.35. The van der Waals surface area contributed by atoms with Gasteiger partial charge in [-0.3, -0.25) is 0 Å². The standard InChI is InChI=1S/C38H48N2O4/c1-11-40(12-2)26-14-16-28-24(20-34(38(6,7)8)44-32(28)22-26)18-30-35(41)29(36(30)42)17-23-19-33(37(3,4)5)43-31-21-25(39(9)10)13-15-27(23)31/h13-22,29,35,41-42H,11-12H2,1-10H3/b23-17+,24-18+. The molecule has 0 spiro atoms. The summed E-state index contributed by atoms with van der Waals surface area (Å²) in [6.45, 7) is 18.8. The van der Waals surface area contributed by atoms with Crippen LogP contribution in [0.2, 0.25) is 0 Å². The summed E-state index contributed by atoms with van der Waals surface area (Å²) in [5, 5.41) is 22.8. The van der Waals surface area contributed by atoms with Crippen molar-refractivity contribution in [2.75, 3.05) is 37.0 Å². The van der Waals surface area contributed by atoms with Gasteiger partial charge in [-0.05, 0) is 67.5 Å². The fourth-order valence-electron chi connectivity index (χ4n) is 5.74. The Hall–Kier alpha value is -3.90. The lowest BCUT2D eigenvalue weighted by atomic mass is 9.77. The molecule has 0 fully saturated rings. The number of allylic oxidation sites excluding steroid dienone is 6. The first kappa shape index (κ1) is 31.5. The van der Waals surface area contributed by atoms with Gasteiger partial charge in [-0.25, -0.2) is 0 Å². The third-order valence-corrected chi connectivity index (χ3v) is 8.63. The molecule has 0 bridgehead atoms. The van der Waals surface area contributed by atoms with Gasteiger partial charge in [-0.1, -0.05) is 47.6 Å². The normalized spacial score (nSPS) is 21.5. The van der Waals surface area contributed by atoms with Crippen LogP contribution in [0, 0.1) is 16.7 Å². The molecular weight excluding hydrogens is 548 g/mol. The van der Waals surface area contributed by atoms with Crippen LogP contribution in [-0.4, -0.2) is 43.5 Å². The van der Waals surface area contributed by atoms with Crippen LogP contribution < -0.4 is 19.3 Å². The van der Waals surface area contributed by atoms with Gasteiger partial charge in [-0.15, -0.1) is 0 Å². The first-order valence-corrected chi connectivity index (χ1v) is 15.7. The van der Waals surface area contributed by atoms with E-state index in [9.17, 15) is 10.2 Å². The van der Waals surface area contributed by atoms with E-state index in [1.807, 2.05) is 55.4 Å². The zero-order chi connectivity index (χ0) is 32.1. The van der Waals surface area contributed by atoms with E-state index in [0.29, 0.717) is 5.57 Å². The molecule has 234 valence electrons. The molecule has 2 aliphatic heterocycles. The minimum absolute atomic E-state index is 0.180. The number of hydrogen-bond acceptors (Lipinski definition) is 6. The molecule has 2 N–H and O–H groups in total. The molecule has 0 saturated heterocycles. The summed E-state index contributed by atoms with van der Waals surface area (Å²) >= 11 is 0. The average molecular weight is 597 g/mol. The van der Waals surface area contributed by atoms with E-state index in [1.165, 1.54) is 0 Å². The molecule has 2 heterocycles. The van der Waals surface area contributed by atoms with Crippen molar-refractivity contribution < 1.29 is 19.7 Å². The van der Waals surface area contributed by atoms with E-state index in [1.54, 1.807) is 0 Å². The molecule has 2 aromatic carbocycles. The smallest absolute Gasteiger partial charge is 0.136 e. The Balaban J connectivity index is 1.55. The first-order valence-electron chi connectivity index (χ1n) is 15.7. The van der Waals surface area contributed by atoms with Crippen molar-refractivity contribution in [1.29, 1.82) is 0 Å². The maximum absolute atomic E-state index is 11.4. The summed E-state index contributed by atoms with van der Waals surface area (Å²) in [4.78, 5) is 4.34. The highest BCUT2D eigenvalue weighted by atomic mass is 16.5. The van der Waals surface area contributed by atoms with E-state index in [0.717, 1.165) is 69.8 Å². The van der Waals surface area contributed by atoms with Crippen molar-refractivity contribution in [1.82, 2.24) is 0 Å². The summed E-state index contributed by atoms with van der Waals surface area (Å²) in [5.41, 5.74) is 5.98. The van der Waals surface area contributed by atoms with Crippen LogP contribution in [0.5, 0.6) is 11.5 Å². The number of rotatable bonds is 6. The summed E-state index contributed by atoms with van der Waals surface area (Å²) in [6, 6.07) is 12.4. The van der Waals surface area contributed by atoms with Crippen LogP contribution in [0.25, 0.3) is 11.1 Å². The Morgan fingerprint density at radius 3 is 1.77 bits per heavy atom. The van der Waals surface area contributed by atoms with Crippen LogP contribution in [0.3, 0.4) is 0 Å². The van der Waals surface area contributed by atoms with Crippen molar-refractivity contribution in [2.24, 2.45) is 16.7 Å². The molecule has 6 heteroatoms. The summed E-state index contributed by atoms with van der Waals surface area (Å²) < 4.78 is 12.8. The maximum atomic E-state index is 11.4. The van der Waals surface area contributed by atoms with Crippen LogP contribution in [-0.2, 0) is 0 Å². The van der Waals surface area contributed by atoms with Gasteiger partial charge in [0.2, 0.25) is 0 Å². The van der Waals surface area contributed by atoms with Crippen LogP contribution in [0.1, 0.15) is 66.5 Å². The van der Waals surface area contributed by atoms with Crippen LogP contribution >= 0.6 is 0 Å². The minimum atomic E-state index is -0.846. The molecule has 44 heavy (non-hydrogen) atoms. The topological polar surface area (TPSA) is 65.4 Å². The zero-order valence-corrected chi connectivity index (χ0v) is 27.9. The maximum Gasteiger partial charge on any atom is 0.136 e. The molecule has 2 aromatic rings. The number of anilines is 2. The van der Waals surface area contributed by atoms with Gasteiger partial charge < -0.3 is 29.5 Å². The number of hydrogen-bond donors (Lipinski definition) is 2. The fraction of sp³-hybridized carbons (Fsp3) is 0.421. The largest absolute Gasteiger partial charge is 0.511 e. The predicted molar refractivity (Wildman–Crippen MR) is 182 cm³/mol. The molecule has 0 radical (unpaired) electrons. The van der Waals surface area contributed by atoms with Crippen LogP contribution in [0.15, 0.2) is 83.6 Å². The van der Waals surface area contributed by atoms with Gasteiger partial charge >= 0.3 is 0 Å². The first-order chi connectivity index (χ1) is 20.6. The predicted octanol–water partition coefficient (Wildman–Crippen LogP) is 8.51. The molecule has 6 nitrogen and oxygen atoms in total. The van der Waals surface area contributed by atoms with Crippen molar-refractivity contribution >= 4 is 22.5 Å². The second kappa shape index (κ2) is 11.6. The van der Waals surface area contributed by atoms with Crippen molar-refractivity contribution in [2.45, 2.75) is 61.5 Å². The van der Waals surface area contributed by atoms with Gasteiger partial charge in [0.05, 0.1) is 12.0 Å². The fourth-order valence-corrected chi connectivity index (χ4v) is 5.74. The van der Waals surface area contributed by atoms with E-state index < -0.39 is 12.0 Å². The highest BCUT2D eigenvalue weighted by Gasteiger charge is 2.39. The summed E-state index contributed by atoms with van der Waals surface area (Å²) in [6.07, 6.45) is 7.11. The molecule has 1 aliphatic carbocycles. The quantitative estimate of drug-likeness (QED) is 0.349. The molecule has 0 saturated carbocycles. The number of benzene rings is 2. The highest BCUT2D eigenvalue weighted by molar-refractivity contribution is 5.85. The second-order valence-corrected chi connectivity index (χ2v) is 14.2. The van der Waals surface area contributed by atoms with E-state index >= 15 is 0 Å². The number of nitrogens with zero attached hydrogens (tertiary/aromatic N) is 2. The van der Waals surface area contributed by atoms with Gasteiger partial charge in [0.15, 0.2) is 0 Å². The SMILES string of the molecule is CCN(CC)c1ccc2c(c1)OC(C(C)(C)C)=C/C2=C\C1=C(O)C(/C=C2\C=C(C(C)(C)C)Oc3cc(N(C)C)ccc32)C1O. The van der Waals surface area contributed by atoms with E-state index in [2.05, 4.69) is 84.6 Å². The Morgan fingerprint density at radius 2 is 1.27 bits per heavy atom. The highest BCUT2D eigenvalue weighted by Crippen LogP contribution is 2.46. The zero-order valence-electron chi connectivity index (χ0n) is 27.9. The summed E-state index contributed by atoms with van der Waals surface area (Å²) in [5.74, 6) is 2.91. The van der Waals surface area contributed by atoms with Gasteiger partial charge in [0, 0.05) is 78.2 Å².